The second kappa shape index (κ2) is 12.4. The third-order valence-corrected chi connectivity index (χ3v) is 13.3. The number of hydrogen-bond donors (Lipinski definition) is 0. The molecule has 0 N–H and O–H groups in total. The van der Waals surface area contributed by atoms with Gasteiger partial charge < -0.3 is 13.9 Å². The van der Waals surface area contributed by atoms with E-state index in [2.05, 4.69) is 125 Å². The van der Waals surface area contributed by atoms with Crippen molar-refractivity contribution >= 4 is 71.6 Å². The lowest BCUT2D eigenvalue weighted by atomic mass is 9.61. The Kier molecular flexibility index (Phi) is 5.69. The summed E-state index contributed by atoms with van der Waals surface area (Å²) in [5, 5.41) is 4.70. The molecule has 2 heterocycles. The zero-order valence-electron chi connectivity index (χ0n) is 39.1. The van der Waals surface area contributed by atoms with Crippen molar-refractivity contribution in [1.29, 1.82) is 0 Å². The van der Waals surface area contributed by atoms with Gasteiger partial charge in [0.05, 0.1) is 35.7 Å². The highest BCUT2D eigenvalue weighted by atomic mass is 16.3. The molecule has 0 atom stereocenters. The summed E-state index contributed by atoms with van der Waals surface area (Å²) >= 11 is 0. The van der Waals surface area contributed by atoms with Gasteiger partial charge in [-0.25, -0.2) is 0 Å². The molecule has 1 spiro atoms. The molecule has 2 aliphatic carbocycles. The van der Waals surface area contributed by atoms with Crippen LogP contribution in [0.4, 0.5) is 17.1 Å². The van der Waals surface area contributed by atoms with E-state index >= 15 is 0 Å². The van der Waals surface area contributed by atoms with E-state index in [1.807, 2.05) is 66.7 Å². The van der Waals surface area contributed by atoms with Crippen molar-refractivity contribution in [1.82, 2.24) is 4.57 Å². The van der Waals surface area contributed by atoms with Gasteiger partial charge in [0.1, 0.15) is 11.2 Å². The van der Waals surface area contributed by atoms with Crippen molar-refractivity contribution in [2.24, 2.45) is 0 Å². The zero-order chi connectivity index (χ0) is 45.7. The van der Waals surface area contributed by atoms with E-state index in [9.17, 15) is 6.85 Å². The molecule has 0 fully saturated rings. The molecule has 288 valence electrons. The van der Waals surface area contributed by atoms with Gasteiger partial charge in [0.25, 0.3) is 0 Å². The Morgan fingerprint density at radius 3 is 1.92 bits per heavy atom. The van der Waals surface area contributed by atoms with Crippen molar-refractivity contribution < 1.29 is 12.6 Å². The standard InChI is InChI=1S/C59H36N2O/c1-2-17-38(18-3-1)61-52-27-10-6-21-44(52)45-34-32-40(36-54(45)61)60(53-28-14-30-56-58(53)47-22-7-11-29-55(47)62-56)39-31-33-43-46-23-12-15-37-16-13-26-50(57(37)46)59(51(43)35-39)48-24-8-4-19-41(48)42-20-5-9-25-49(42)59/h1-36H/i12D,13D,15D,16D,23D,26D. The summed E-state index contributed by atoms with van der Waals surface area (Å²) in [5.41, 5.74) is 12.1. The molecule has 0 saturated carbocycles. The predicted octanol–water partition coefficient (Wildman–Crippen LogP) is 15.6. The minimum atomic E-state index is -1.21. The number of aromatic nitrogens is 1. The Morgan fingerprint density at radius 2 is 1.08 bits per heavy atom. The summed E-state index contributed by atoms with van der Waals surface area (Å²) in [5.74, 6) is 0. The highest BCUT2D eigenvalue weighted by molar-refractivity contribution is 6.15. The summed E-state index contributed by atoms with van der Waals surface area (Å²) in [6.07, 6.45) is 0. The maximum atomic E-state index is 9.93. The molecule has 62 heavy (non-hydrogen) atoms. The van der Waals surface area contributed by atoms with Crippen molar-refractivity contribution in [2.75, 3.05) is 4.90 Å². The lowest BCUT2D eigenvalue weighted by molar-refractivity contribution is 0.669. The van der Waals surface area contributed by atoms with E-state index in [0.29, 0.717) is 22.1 Å². The fourth-order valence-electron chi connectivity index (χ4n) is 10.9. The molecule has 10 aromatic carbocycles. The fraction of sp³-hybridized carbons (Fsp3) is 0.0169. The van der Waals surface area contributed by atoms with Crippen LogP contribution in [0, 0.1) is 0 Å². The predicted molar refractivity (Wildman–Crippen MR) is 257 cm³/mol. The highest BCUT2D eigenvalue weighted by Crippen LogP contribution is 2.62. The van der Waals surface area contributed by atoms with Crippen molar-refractivity contribution in [3.63, 3.8) is 0 Å². The van der Waals surface area contributed by atoms with E-state index in [1.165, 1.54) is 0 Å². The number of hydrogen-bond acceptors (Lipinski definition) is 2. The van der Waals surface area contributed by atoms with Gasteiger partial charge in [0, 0.05) is 33.2 Å². The average Bonchev–Trinajstić information content (AvgIpc) is 4.02. The summed E-state index contributed by atoms with van der Waals surface area (Å²) in [7, 11) is 0. The average molecular weight is 795 g/mol. The van der Waals surface area contributed by atoms with Crippen LogP contribution in [0.2, 0.25) is 0 Å². The number of fused-ring (bicyclic) bond motifs is 15. The maximum absolute atomic E-state index is 9.93. The molecule has 14 rings (SSSR count). The molecule has 3 heteroatoms. The largest absolute Gasteiger partial charge is 0.456 e. The monoisotopic (exact) mass is 794 g/mol. The fourth-order valence-corrected chi connectivity index (χ4v) is 10.9. The number of anilines is 3. The van der Waals surface area contributed by atoms with Crippen LogP contribution >= 0.6 is 0 Å². The molecule has 0 radical (unpaired) electrons. The number of furan rings is 1. The minimum absolute atomic E-state index is 0.121. The first-order valence-electron chi connectivity index (χ1n) is 23.9. The van der Waals surface area contributed by atoms with Crippen LogP contribution in [0.3, 0.4) is 0 Å². The van der Waals surface area contributed by atoms with Gasteiger partial charge in [-0.05, 0) is 116 Å². The summed E-state index contributed by atoms with van der Waals surface area (Å²) in [6.45, 7) is 0. The van der Waals surface area contributed by atoms with Crippen LogP contribution < -0.4 is 4.90 Å². The van der Waals surface area contributed by atoms with Gasteiger partial charge in [-0.1, -0.05) is 158 Å². The molecule has 0 bridgehead atoms. The van der Waals surface area contributed by atoms with Crippen LogP contribution in [-0.2, 0) is 5.41 Å². The molecule has 0 unspecified atom stereocenters. The van der Waals surface area contributed by atoms with Gasteiger partial charge in [0.15, 0.2) is 0 Å². The Balaban J connectivity index is 1.15. The molecular formula is C59H36N2O. The summed E-state index contributed by atoms with van der Waals surface area (Å²) < 4.78 is 65.3. The van der Waals surface area contributed by atoms with Crippen molar-refractivity contribution in [3.05, 3.63) is 240 Å². The van der Waals surface area contributed by atoms with E-state index in [1.54, 1.807) is 0 Å². The summed E-state index contributed by atoms with van der Waals surface area (Å²) in [4.78, 5) is 2.28. The molecule has 0 amide bonds. The molecule has 12 aromatic rings. The third kappa shape index (κ3) is 4.34. The molecule has 2 aliphatic rings. The van der Waals surface area contributed by atoms with Crippen LogP contribution in [0.1, 0.15) is 30.5 Å². The molecule has 3 nitrogen and oxygen atoms in total. The van der Waals surface area contributed by atoms with Crippen molar-refractivity contribution in [3.8, 4) is 27.9 Å². The normalized spacial score (nSPS) is 14.6. The topological polar surface area (TPSA) is 21.3 Å². The lowest BCUT2D eigenvalue weighted by Gasteiger charge is -2.41. The van der Waals surface area contributed by atoms with Crippen LogP contribution in [0.5, 0.6) is 0 Å². The zero-order valence-corrected chi connectivity index (χ0v) is 33.1. The smallest absolute Gasteiger partial charge is 0.137 e. The number of para-hydroxylation sites is 3. The number of rotatable bonds is 4. The second-order valence-corrected chi connectivity index (χ2v) is 16.3. The molecular weight excluding hydrogens is 753 g/mol. The van der Waals surface area contributed by atoms with Gasteiger partial charge in [-0.3, -0.25) is 0 Å². The maximum Gasteiger partial charge on any atom is 0.137 e. The highest BCUT2D eigenvalue weighted by Gasteiger charge is 2.50. The Bertz CT molecular complexity index is 4140. The third-order valence-electron chi connectivity index (χ3n) is 13.3. The van der Waals surface area contributed by atoms with Crippen molar-refractivity contribution in [2.45, 2.75) is 5.41 Å². The number of nitrogens with zero attached hydrogens (tertiary/aromatic N) is 2. The quantitative estimate of drug-likeness (QED) is 0.177. The molecule has 2 aromatic heterocycles. The second-order valence-electron chi connectivity index (χ2n) is 16.3. The van der Waals surface area contributed by atoms with Gasteiger partial charge in [0.2, 0.25) is 0 Å². The van der Waals surface area contributed by atoms with Crippen LogP contribution in [0.15, 0.2) is 223 Å². The van der Waals surface area contributed by atoms with Crippen LogP contribution in [0.25, 0.3) is 82.5 Å². The SMILES string of the molecule is [2H]c1c([2H])c2c3c(c([2H])c([2H])c([2H])c3c1[2H])C1(c3ccccc3-c3ccccc31)c1cc(N(c3ccc4c5ccccc5n(-c5ccccc5)c4c3)c3cccc4oc5ccccc5c34)ccc1-2. The van der Waals surface area contributed by atoms with Crippen LogP contribution in [-0.4, -0.2) is 4.57 Å². The Morgan fingerprint density at radius 1 is 0.435 bits per heavy atom. The van der Waals surface area contributed by atoms with E-state index < -0.39 is 5.41 Å². The first-order chi connectivity index (χ1) is 33.3. The Hall–Kier alpha value is -8.14. The van der Waals surface area contributed by atoms with Gasteiger partial charge in [-0.2, -0.15) is 0 Å². The first kappa shape index (κ1) is 28.3. The van der Waals surface area contributed by atoms with E-state index in [-0.39, 0.29) is 41.6 Å². The number of benzene rings is 10. The lowest BCUT2D eigenvalue weighted by Crippen LogP contribution is -2.32. The molecule has 0 saturated heterocycles. The van der Waals surface area contributed by atoms with Gasteiger partial charge >= 0.3 is 0 Å². The Labute approximate surface area is 366 Å². The minimum Gasteiger partial charge on any atom is -0.456 e. The first-order valence-corrected chi connectivity index (χ1v) is 20.9. The molecule has 0 aliphatic heterocycles. The van der Waals surface area contributed by atoms with Gasteiger partial charge in [-0.15, -0.1) is 0 Å². The van der Waals surface area contributed by atoms with E-state index in [0.717, 1.165) is 94.3 Å². The van der Waals surface area contributed by atoms with E-state index in [4.69, 9.17) is 5.79 Å². The summed E-state index contributed by atoms with van der Waals surface area (Å²) in [6, 6.07) is 61.0.